The van der Waals surface area contributed by atoms with Crippen molar-refractivity contribution in [2.45, 2.75) is 124 Å². The minimum atomic E-state index is -0.366. The monoisotopic (exact) mass is 475 g/mol. The molecule has 3 unspecified atom stereocenters. The largest absolute Gasteiger partial charge is 0.459 e. The third-order valence-electron chi connectivity index (χ3n) is 12.7. The van der Waals surface area contributed by atoms with Gasteiger partial charge in [0.25, 0.3) is 0 Å². The molecule has 0 radical (unpaired) electrons. The lowest BCUT2D eigenvalue weighted by Crippen LogP contribution is -2.67. The van der Waals surface area contributed by atoms with Gasteiger partial charge in [0.15, 0.2) is 0 Å². The smallest absolute Gasteiger partial charge is 0.306 e. The van der Waals surface area contributed by atoms with Crippen molar-refractivity contribution in [1.82, 2.24) is 5.48 Å². The number of hydroxylamine groups is 1. The summed E-state index contributed by atoms with van der Waals surface area (Å²) in [6, 6.07) is 0. The number of carbonyl (C=O) groups is 1. The second-order valence-corrected chi connectivity index (χ2v) is 14.2. The van der Waals surface area contributed by atoms with Gasteiger partial charge < -0.3 is 9.84 Å². The summed E-state index contributed by atoms with van der Waals surface area (Å²) >= 11 is 0. The zero-order valence-corrected chi connectivity index (χ0v) is 22.7. The van der Waals surface area contributed by atoms with Gasteiger partial charge in [0.1, 0.15) is 5.60 Å². The molecule has 4 aliphatic carbocycles. The van der Waals surface area contributed by atoms with Crippen LogP contribution in [-0.2, 0) is 14.4 Å². The molecule has 0 bridgehead atoms. The summed E-state index contributed by atoms with van der Waals surface area (Å²) in [4.78, 5) is 18.7. The number of cyclic esters (lactones) is 1. The third kappa shape index (κ3) is 3.18. The number of hydrogen-bond acceptors (Lipinski definition) is 5. The summed E-state index contributed by atoms with van der Waals surface area (Å²) in [6.07, 6.45) is 9.09. The highest BCUT2D eigenvalue weighted by atomic mass is 16.7. The molecule has 1 saturated heterocycles. The zero-order chi connectivity index (χ0) is 24.7. The number of rotatable bonds is 4. The number of esters is 1. The Morgan fingerprint density at radius 3 is 2.32 bits per heavy atom. The van der Waals surface area contributed by atoms with E-state index in [-0.39, 0.29) is 45.4 Å². The van der Waals surface area contributed by atoms with Gasteiger partial charge >= 0.3 is 5.97 Å². The maximum atomic E-state index is 12.2. The normalized spacial score (nSPS) is 54.2. The first kappa shape index (κ1) is 25.0. The maximum absolute atomic E-state index is 12.2. The number of nitrogens with one attached hydrogen (secondary N) is 1. The number of carbonyl (C=O) groups excluding carboxylic acids is 1. The van der Waals surface area contributed by atoms with E-state index in [1.165, 1.54) is 19.3 Å². The van der Waals surface area contributed by atoms with Gasteiger partial charge in [-0.05, 0) is 97.7 Å². The molecule has 5 rings (SSSR count). The summed E-state index contributed by atoms with van der Waals surface area (Å²) in [6.45, 7) is 17.4. The second kappa shape index (κ2) is 7.92. The minimum Gasteiger partial charge on any atom is -0.459 e. The fourth-order valence-corrected chi connectivity index (χ4v) is 10.7. The molecule has 5 aliphatic rings. The van der Waals surface area contributed by atoms with Crippen molar-refractivity contribution in [3.05, 3.63) is 0 Å². The van der Waals surface area contributed by atoms with Crippen LogP contribution in [0, 0.1) is 45.3 Å². The lowest BCUT2D eigenvalue weighted by Gasteiger charge is -2.70. The van der Waals surface area contributed by atoms with Crippen LogP contribution >= 0.6 is 0 Å². The number of fused-ring (bicyclic) bond motifs is 5. The van der Waals surface area contributed by atoms with E-state index in [1.54, 1.807) is 0 Å². The van der Waals surface area contributed by atoms with Gasteiger partial charge in [-0.15, -0.1) is 0 Å². The van der Waals surface area contributed by atoms with Gasteiger partial charge in [-0.25, -0.2) is 5.48 Å². The highest BCUT2D eigenvalue weighted by Gasteiger charge is 2.72. The van der Waals surface area contributed by atoms with Crippen molar-refractivity contribution < 1.29 is 19.5 Å². The molecule has 34 heavy (non-hydrogen) atoms. The lowest BCUT2D eigenvalue weighted by atomic mass is 9.35. The first-order valence-electron chi connectivity index (χ1n) is 14.1. The molecule has 5 nitrogen and oxygen atoms in total. The summed E-state index contributed by atoms with van der Waals surface area (Å²) in [7, 11) is 0. The molecule has 0 spiro atoms. The van der Waals surface area contributed by atoms with Crippen molar-refractivity contribution in [3.63, 3.8) is 0 Å². The fourth-order valence-electron chi connectivity index (χ4n) is 10.7. The van der Waals surface area contributed by atoms with Gasteiger partial charge in [-0.1, -0.05) is 41.5 Å². The average molecular weight is 476 g/mol. The van der Waals surface area contributed by atoms with E-state index in [4.69, 9.17) is 9.57 Å². The van der Waals surface area contributed by atoms with Crippen LogP contribution in [0.15, 0.2) is 0 Å². The minimum absolute atomic E-state index is 0.0313. The Hall–Kier alpha value is -0.650. The van der Waals surface area contributed by atoms with Crippen LogP contribution in [0.1, 0.15) is 106 Å². The van der Waals surface area contributed by atoms with Crippen LogP contribution in [0.5, 0.6) is 0 Å². The molecule has 194 valence electrons. The molecule has 2 N–H and O–H groups in total. The van der Waals surface area contributed by atoms with Gasteiger partial charge in [-0.2, -0.15) is 0 Å². The molecule has 0 aromatic heterocycles. The van der Waals surface area contributed by atoms with Crippen LogP contribution in [0.25, 0.3) is 0 Å². The average Bonchev–Trinajstić information content (AvgIpc) is 3.31. The van der Waals surface area contributed by atoms with E-state index in [9.17, 15) is 9.90 Å². The Morgan fingerprint density at radius 1 is 0.971 bits per heavy atom. The third-order valence-corrected chi connectivity index (χ3v) is 12.7. The van der Waals surface area contributed by atoms with E-state index in [1.807, 2.05) is 0 Å². The molecular formula is C29H49NO4. The van der Waals surface area contributed by atoms with Gasteiger partial charge in [0.05, 0.1) is 12.2 Å². The molecule has 5 fully saturated rings. The fraction of sp³-hybridized carbons (Fsp3) is 0.966. The first-order chi connectivity index (χ1) is 15.8. The van der Waals surface area contributed by atoms with Crippen LogP contribution in [0.2, 0.25) is 0 Å². The number of ether oxygens (including phenoxy) is 1. The summed E-state index contributed by atoms with van der Waals surface area (Å²) < 4.78 is 6.05. The predicted octanol–water partition coefficient (Wildman–Crippen LogP) is 5.65. The van der Waals surface area contributed by atoms with Crippen molar-refractivity contribution in [2.24, 2.45) is 45.3 Å². The predicted molar refractivity (Wildman–Crippen MR) is 133 cm³/mol. The van der Waals surface area contributed by atoms with Gasteiger partial charge in [0, 0.05) is 18.9 Å². The van der Waals surface area contributed by atoms with E-state index in [0.29, 0.717) is 30.1 Å². The topological polar surface area (TPSA) is 67.8 Å². The number of aliphatic hydroxyl groups excluding tert-OH is 1. The van der Waals surface area contributed by atoms with Gasteiger partial charge in [-0.3, -0.25) is 9.63 Å². The summed E-state index contributed by atoms with van der Waals surface area (Å²) in [5.74, 6) is 1.79. The summed E-state index contributed by atoms with van der Waals surface area (Å²) in [5, 5.41) is 10.9. The molecule has 1 aliphatic heterocycles. The van der Waals surface area contributed by atoms with E-state index in [2.05, 4.69) is 53.9 Å². The Labute approximate surface area is 207 Å². The van der Waals surface area contributed by atoms with Gasteiger partial charge in [0.2, 0.25) is 0 Å². The SMILES string of the molecule is CCNO[C@@H]1CC2[C@@]3(C)CC[C@H](O)C(C)(C)C3CC[C@@]2(C)[C@]2(C)CC[C@H]([C@]3(C)CCC(=O)O3)C12. The molecule has 1 heterocycles. The van der Waals surface area contributed by atoms with Crippen molar-refractivity contribution in [2.75, 3.05) is 6.54 Å². The second-order valence-electron chi connectivity index (χ2n) is 14.2. The Bertz CT molecular complexity index is 829. The van der Waals surface area contributed by atoms with E-state index < -0.39 is 0 Å². The molecular weight excluding hydrogens is 426 g/mol. The Morgan fingerprint density at radius 2 is 1.68 bits per heavy atom. The van der Waals surface area contributed by atoms with E-state index >= 15 is 0 Å². The molecule has 0 amide bonds. The van der Waals surface area contributed by atoms with Crippen molar-refractivity contribution in [3.8, 4) is 0 Å². The highest BCUT2D eigenvalue weighted by Crippen LogP contribution is 2.76. The van der Waals surface area contributed by atoms with Crippen molar-refractivity contribution >= 4 is 5.97 Å². The van der Waals surface area contributed by atoms with Crippen LogP contribution in [0.4, 0.5) is 0 Å². The molecule has 10 atom stereocenters. The summed E-state index contributed by atoms with van der Waals surface area (Å²) in [5.41, 5.74) is 3.41. The molecule has 0 aromatic carbocycles. The van der Waals surface area contributed by atoms with Crippen LogP contribution in [-0.4, -0.2) is 35.4 Å². The Kier molecular flexibility index (Phi) is 5.83. The molecule has 5 heteroatoms. The number of hydrogen-bond donors (Lipinski definition) is 2. The van der Waals surface area contributed by atoms with Crippen molar-refractivity contribution in [1.29, 1.82) is 0 Å². The highest BCUT2D eigenvalue weighted by molar-refractivity contribution is 5.72. The quantitative estimate of drug-likeness (QED) is 0.406. The lowest BCUT2D eigenvalue weighted by molar-refractivity contribution is -0.259. The van der Waals surface area contributed by atoms with Crippen LogP contribution < -0.4 is 5.48 Å². The maximum Gasteiger partial charge on any atom is 0.306 e. The van der Waals surface area contributed by atoms with Crippen LogP contribution in [0.3, 0.4) is 0 Å². The standard InChI is InChI=1S/C29H49NO4/c1-8-30-34-19-17-21-26(4)13-11-22(31)25(2,3)20(26)10-15-27(21,5)28(6)14-9-18(24(19)28)29(7)16-12-23(32)33-29/h18-22,24,30-31H,8-17H2,1-7H3/t18-,19+,20?,21?,22-,24?,26-,27+,28+,29-/m0/s1. The van der Waals surface area contributed by atoms with E-state index in [0.717, 1.165) is 38.6 Å². The molecule has 4 saturated carbocycles. The first-order valence-corrected chi connectivity index (χ1v) is 14.1. The molecule has 0 aromatic rings. The Balaban J connectivity index is 1.56. The zero-order valence-electron chi connectivity index (χ0n) is 22.7. The number of aliphatic hydroxyl groups is 1.